The molecule has 0 heterocycles. The second kappa shape index (κ2) is 9.86. The Balaban J connectivity index is 1.80. The van der Waals surface area contributed by atoms with E-state index in [9.17, 15) is 4.79 Å². The summed E-state index contributed by atoms with van der Waals surface area (Å²) in [5, 5.41) is 6.64. The number of benzene rings is 2. The Bertz CT molecular complexity index is 691. The number of rotatable bonds is 9. The third-order valence-corrected chi connectivity index (χ3v) is 4.27. The normalized spacial score (nSPS) is 11.7. The first-order chi connectivity index (χ1) is 11.7. The van der Waals surface area contributed by atoms with Gasteiger partial charge in [-0.25, -0.2) is 5.43 Å². The van der Waals surface area contributed by atoms with Gasteiger partial charge in [0.25, 0.3) is 0 Å². The summed E-state index contributed by atoms with van der Waals surface area (Å²) in [6.07, 6.45) is 7.67. The molecule has 24 heavy (non-hydrogen) atoms. The zero-order valence-electron chi connectivity index (χ0n) is 14.8. The molecule has 0 atom stereocenters. The zero-order valence-corrected chi connectivity index (χ0v) is 14.8. The van der Waals surface area contributed by atoms with Crippen LogP contribution in [0.3, 0.4) is 0 Å². The Hall–Kier alpha value is -2.16. The van der Waals surface area contributed by atoms with Crippen LogP contribution in [0.25, 0.3) is 10.8 Å². The summed E-state index contributed by atoms with van der Waals surface area (Å²) in [6, 6.07) is 14.5. The summed E-state index contributed by atoms with van der Waals surface area (Å²) in [6.45, 7) is 4.14. The molecule has 0 fully saturated rings. The van der Waals surface area contributed by atoms with Gasteiger partial charge in [0.1, 0.15) is 0 Å². The lowest BCUT2D eigenvalue weighted by atomic mass is 10.0. The molecule has 0 radical (unpaired) electrons. The van der Waals surface area contributed by atoms with Crippen molar-refractivity contribution < 1.29 is 4.79 Å². The maximum absolute atomic E-state index is 11.9. The molecule has 0 saturated carbocycles. The predicted octanol–water partition coefficient (Wildman–Crippen LogP) is 5.43. The fourth-order valence-corrected chi connectivity index (χ4v) is 2.75. The topological polar surface area (TPSA) is 41.5 Å². The Labute approximate surface area is 145 Å². The Morgan fingerprint density at radius 1 is 0.958 bits per heavy atom. The van der Waals surface area contributed by atoms with Crippen LogP contribution < -0.4 is 5.43 Å². The van der Waals surface area contributed by atoms with Crippen LogP contribution in [0.2, 0.25) is 0 Å². The summed E-state index contributed by atoms with van der Waals surface area (Å²) in [5.41, 5.74) is 4.55. The van der Waals surface area contributed by atoms with Crippen LogP contribution >= 0.6 is 0 Å². The maximum atomic E-state index is 11.9. The molecule has 0 aliphatic rings. The van der Waals surface area contributed by atoms with Gasteiger partial charge in [0.15, 0.2) is 0 Å². The predicted molar refractivity (Wildman–Crippen MR) is 102 cm³/mol. The molecule has 3 heteroatoms. The fourth-order valence-electron chi connectivity index (χ4n) is 2.75. The Kier molecular flexibility index (Phi) is 7.47. The molecular weight excluding hydrogens is 296 g/mol. The van der Waals surface area contributed by atoms with Crippen molar-refractivity contribution in [3.63, 3.8) is 0 Å². The number of fused-ring (bicyclic) bond motifs is 1. The van der Waals surface area contributed by atoms with Gasteiger partial charge in [-0.05, 0) is 35.7 Å². The number of carbonyl (C=O) groups excluding carboxylic acids is 1. The first kappa shape index (κ1) is 18.2. The van der Waals surface area contributed by atoms with E-state index in [0.29, 0.717) is 6.42 Å². The number of hydrazone groups is 1. The smallest absolute Gasteiger partial charge is 0.240 e. The van der Waals surface area contributed by atoms with E-state index in [1.165, 1.54) is 36.5 Å². The molecule has 0 spiro atoms. The van der Waals surface area contributed by atoms with Gasteiger partial charge in [-0.15, -0.1) is 0 Å². The maximum Gasteiger partial charge on any atom is 0.240 e. The van der Waals surface area contributed by atoms with Crippen molar-refractivity contribution in [2.24, 2.45) is 5.10 Å². The Morgan fingerprint density at radius 3 is 2.46 bits per heavy atom. The molecule has 1 N–H and O–H groups in total. The highest BCUT2D eigenvalue weighted by molar-refractivity contribution is 6.02. The zero-order chi connectivity index (χ0) is 17.2. The van der Waals surface area contributed by atoms with Gasteiger partial charge in [-0.3, -0.25) is 4.79 Å². The quantitative estimate of drug-likeness (QED) is 0.373. The van der Waals surface area contributed by atoms with Crippen molar-refractivity contribution in [2.45, 2.75) is 58.8 Å². The molecule has 2 rings (SSSR count). The second-order valence-corrected chi connectivity index (χ2v) is 6.31. The lowest BCUT2D eigenvalue weighted by Gasteiger charge is -2.05. The van der Waals surface area contributed by atoms with Crippen molar-refractivity contribution in [3.05, 3.63) is 48.0 Å². The lowest BCUT2D eigenvalue weighted by molar-refractivity contribution is -0.121. The third kappa shape index (κ3) is 5.80. The summed E-state index contributed by atoms with van der Waals surface area (Å²) in [4.78, 5) is 11.9. The molecular formula is C21H28N2O. The van der Waals surface area contributed by atoms with E-state index in [4.69, 9.17) is 0 Å². The summed E-state index contributed by atoms with van der Waals surface area (Å²) in [5.74, 6) is 0.00521. The van der Waals surface area contributed by atoms with Crippen molar-refractivity contribution >= 4 is 22.4 Å². The fraction of sp³-hybridized carbons (Fsp3) is 0.429. The average Bonchev–Trinajstić information content (AvgIpc) is 2.62. The van der Waals surface area contributed by atoms with Gasteiger partial charge in [-0.1, -0.05) is 75.4 Å². The van der Waals surface area contributed by atoms with Gasteiger partial charge in [-0.2, -0.15) is 5.10 Å². The number of unbranched alkanes of at least 4 members (excludes halogenated alkanes) is 5. The number of hydrogen-bond acceptors (Lipinski definition) is 2. The molecule has 0 aromatic heterocycles. The first-order valence-corrected chi connectivity index (χ1v) is 9.03. The SMILES string of the molecule is CCCCCCCCC(=O)N/N=C(\C)c1ccc2ccccc2c1. The average molecular weight is 324 g/mol. The van der Waals surface area contributed by atoms with E-state index in [1.54, 1.807) is 0 Å². The van der Waals surface area contributed by atoms with Crippen LogP contribution in [0.1, 0.15) is 64.4 Å². The molecule has 2 aromatic rings. The molecule has 0 aliphatic carbocycles. The van der Waals surface area contributed by atoms with Crippen LogP contribution in [-0.2, 0) is 4.79 Å². The van der Waals surface area contributed by atoms with Crippen molar-refractivity contribution in [2.75, 3.05) is 0 Å². The van der Waals surface area contributed by atoms with Gasteiger partial charge in [0.05, 0.1) is 5.71 Å². The van der Waals surface area contributed by atoms with Crippen molar-refractivity contribution in [3.8, 4) is 0 Å². The number of hydrogen-bond donors (Lipinski definition) is 1. The lowest BCUT2D eigenvalue weighted by Crippen LogP contribution is -2.18. The Morgan fingerprint density at radius 2 is 1.67 bits per heavy atom. The van der Waals surface area contributed by atoms with Gasteiger partial charge >= 0.3 is 0 Å². The molecule has 128 valence electrons. The molecule has 1 amide bonds. The van der Waals surface area contributed by atoms with Crippen LogP contribution in [0.5, 0.6) is 0 Å². The number of nitrogens with one attached hydrogen (secondary N) is 1. The number of carbonyl (C=O) groups is 1. The standard InChI is InChI=1S/C21H28N2O/c1-3-4-5-6-7-8-13-21(24)23-22-17(2)19-15-14-18-11-9-10-12-20(18)16-19/h9-12,14-16H,3-8,13H2,1-2H3,(H,23,24)/b22-17+. The highest BCUT2D eigenvalue weighted by atomic mass is 16.2. The molecule has 0 bridgehead atoms. The van der Waals surface area contributed by atoms with E-state index >= 15 is 0 Å². The van der Waals surface area contributed by atoms with Gasteiger partial charge < -0.3 is 0 Å². The van der Waals surface area contributed by atoms with Crippen molar-refractivity contribution in [1.82, 2.24) is 5.43 Å². The monoisotopic (exact) mass is 324 g/mol. The number of nitrogens with zero attached hydrogens (tertiary/aromatic N) is 1. The van der Waals surface area contributed by atoms with Gasteiger partial charge in [0, 0.05) is 6.42 Å². The third-order valence-electron chi connectivity index (χ3n) is 4.27. The largest absolute Gasteiger partial charge is 0.273 e. The second-order valence-electron chi connectivity index (χ2n) is 6.31. The van der Waals surface area contributed by atoms with Crippen LogP contribution in [-0.4, -0.2) is 11.6 Å². The summed E-state index contributed by atoms with van der Waals surface area (Å²) < 4.78 is 0. The molecule has 3 nitrogen and oxygen atoms in total. The summed E-state index contributed by atoms with van der Waals surface area (Å²) >= 11 is 0. The van der Waals surface area contributed by atoms with Crippen molar-refractivity contribution in [1.29, 1.82) is 0 Å². The molecule has 0 unspecified atom stereocenters. The van der Waals surface area contributed by atoms with E-state index in [0.717, 1.165) is 24.1 Å². The van der Waals surface area contributed by atoms with E-state index < -0.39 is 0 Å². The summed E-state index contributed by atoms with van der Waals surface area (Å²) in [7, 11) is 0. The van der Waals surface area contributed by atoms with Gasteiger partial charge in [0.2, 0.25) is 5.91 Å². The minimum Gasteiger partial charge on any atom is -0.273 e. The highest BCUT2D eigenvalue weighted by Gasteiger charge is 2.02. The van der Waals surface area contributed by atoms with E-state index in [-0.39, 0.29) is 5.91 Å². The van der Waals surface area contributed by atoms with E-state index in [2.05, 4.69) is 41.7 Å². The van der Waals surface area contributed by atoms with Crippen LogP contribution in [0.15, 0.2) is 47.6 Å². The van der Waals surface area contributed by atoms with Crippen LogP contribution in [0.4, 0.5) is 0 Å². The first-order valence-electron chi connectivity index (χ1n) is 9.03. The van der Waals surface area contributed by atoms with E-state index in [1.807, 2.05) is 25.1 Å². The molecule has 0 saturated heterocycles. The molecule has 2 aromatic carbocycles. The minimum absolute atomic E-state index is 0.00521. The minimum atomic E-state index is 0.00521. The number of amides is 1. The molecule has 0 aliphatic heterocycles. The highest BCUT2D eigenvalue weighted by Crippen LogP contribution is 2.16. The van der Waals surface area contributed by atoms with Crippen LogP contribution in [0, 0.1) is 0 Å².